The van der Waals surface area contributed by atoms with Crippen LogP contribution < -0.4 is 0 Å². The van der Waals surface area contributed by atoms with Crippen molar-refractivity contribution in [1.29, 1.82) is 0 Å². The van der Waals surface area contributed by atoms with Gasteiger partial charge in [0.1, 0.15) is 12.4 Å². The Kier molecular flexibility index (Phi) is 3.83. The second kappa shape index (κ2) is 5.35. The highest BCUT2D eigenvalue weighted by atomic mass is 127. The Morgan fingerprint density at radius 2 is 2.00 bits per heavy atom. The van der Waals surface area contributed by atoms with E-state index in [1.165, 1.54) is 9.14 Å². The fourth-order valence-electron chi connectivity index (χ4n) is 1.48. The van der Waals surface area contributed by atoms with Crippen LogP contribution in [0.25, 0.3) is 0 Å². The molecule has 1 nitrogen and oxygen atoms in total. The van der Waals surface area contributed by atoms with Crippen LogP contribution >= 0.6 is 22.6 Å². The summed E-state index contributed by atoms with van der Waals surface area (Å²) < 4.78 is 7.09. The van der Waals surface area contributed by atoms with E-state index in [2.05, 4.69) is 46.9 Å². The van der Waals surface area contributed by atoms with Gasteiger partial charge in [0.2, 0.25) is 0 Å². The lowest BCUT2D eigenvalue weighted by atomic mass is 10.2. The van der Waals surface area contributed by atoms with E-state index in [1.807, 2.05) is 18.2 Å². The zero-order chi connectivity index (χ0) is 10.5. The molecule has 15 heavy (non-hydrogen) atoms. The smallest absolute Gasteiger partial charge is 0.128 e. The van der Waals surface area contributed by atoms with Gasteiger partial charge in [-0.15, -0.1) is 0 Å². The fourth-order valence-corrected chi connectivity index (χ4v) is 2.12. The largest absolute Gasteiger partial charge is 0.488 e. The Bertz CT molecular complexity index is 379. The first-order valence-electron chi connectivity index (χ1n) is 5.08. The summed E-state index contributed by atoms with van der Waals surface area (Å²) in [5.74, 6) is 1.03. The quantitative estimate of drug-likeness (QED) is 0.760. The normalized spacial score (nSPS) is 15.5. The zero-order valence-corrected chi connectivity index (χ0v) is 10.6. The van der Waals surface area contributed by atoms with Crippen molar-refractivity contribution in [3.05, 3.63) is 57.4 Å². The molecule has 0 atom stereocenters. The van der Waals surface area contributed by atoms with Crippen molar-refractivity contribution >= 4 is 22.6 Å². The number of allylic oxidation sites excluding steroid dienone is 3. The third-order valence-electron chi connectivity index (χ3n) is 2.30. The topological polar surface area (TPSA) is 9.23 Å². The van der Waals surface area contributed by atoms with Crippen LogP contribution in [0, 0.1) is 0 Å². The van der Waals surface area contributed by atoms with E-state index in [9.17, 15) is 0 Å². The molecule has 2 heteroatoms. The van der Waals surface area contributed by atoms with Gasteiger partial charge < -0.3 is 4.74 Å². The fraction of sp³-hybridized carbons (Fsp3) is 0.231. The Hall–Kier alpha value is -0.770. The van der Waals surface area contributed by atoms with Crippen molar-refractivity contribution < 1.29 is 4.74 Å². The second-order valence-electron chi connectivity index (χ2n) is 3.48. The van der Waals surface area contributed by atoms with E-state index in [0.29, 0.717) is 6.61 Å². The monoisotopic (exact) mass is 312 g/mol. The lowest BCUT2D eigenvalue weighted by Gasteiger charge is -2.12. The molecule has 0 saturated carbocycles. The third kappa shape index (κ3) is 3.09. The van der Waals surface area contributed by atoms with Gasteiger partial charge in [-0.25, -0.2) is 0 Å². The van der Waals surface area contributed by atoms with Crippen LogP contribution in [0.5, 0.6) is 0 Å². The van der Waals surface area contributed by atoms with Crippen LogP contribution in [-0.2, 0) is 11.3 Å². The SMILES string of the molecule is IC1=C(OCc2ccccc2)C=CCC1. The van der Waals surface area contributed by atoms with Gasteiger partial charge in [0.05, 0.1) is 0 Å². The van der Waals surface area contributed by atoms with E-state index in [1.54, 1.807) is 0 Å². The number of benzene rings is 1. The molecule has 1 aliphatic carbocycles. The van der Waals surface area contributed by atoms with Crippen LogP contribution in [0.1, 0.15) is 18.4 Å². The molecule has 1 aromatic rings. The maximum Gasteiger partial charge on any atom is 0.128 e. The van der Waals surface area contributed by atoms with Crippen molar-refractivity contribution in [3.8, 4) is 0 Å². The van der Waals surface area contributed by atoms with Crippen LogP contribution in [0.4, 0.5) is 0 Å². The van der Waals surface area contributed by atoms with Gasteiger partial charge in [0, 0.05) is 3.58 Å². The van der Waals surface area contributed by atoms with E-state index < -0.39 is 0 Å². The average molecular weight is 312 g/mol. The third-order valence-corrected chi connectivity index (χ3v) is 3.38. The molecule has 2 rings (SSSR count). The lowest BCUT2D eigenvalue weighted by Crippen LogP contribution is -1.96. The van der Waals surface area contributed by atoms with Crippen molar-refractivity contribution in [2.75, 3.05) is 0 Å². The Morgan fingerprint density at radius 1 is 1.20 bits per heavy atom. The maximum atomic E-state index is 5.77. The molecule has 0 saturated heterocycles. The minimum absolute atomic E-state index is 0.660. The summed E-state index contributed by atoms with van der Waals surface area (Å²) in [7, 11) is 0. The van der Waals surface area contributed by atoms with Gasteiger partial charge in [-0.2, -0.15) is 0 Å². The van der Waals surface area contributed by atoms with E-state index in [-0.39, 0.29) is 0 Å². The first-order valence-corrected chi connectivity index (χ1v) is 6.16. The number of hydrogen-bond donors (Lipinski definition) is 0. The lowest BCUT2D eigenvalue weighted by molar-refractivity contribution is 0.208. The van der Waals surface area contributed by atoms with Crippen molar-refractivity contribution in [1.82, 2.24) is 0 Å². The molecule has 0 unspecified atom stereocenters. The Labute approximate surface area is 104 Å². The van der Waals surface area contributed by atoms with Gasteiger partial charge in [-0.1, -0.05) is 36.4 Å². The number of rotatable bonds is 3. The summed E-state index contributed by atoms with van der Waals surface area (Å²) in [6, 6.07) is 10.3. The van der Waals surface area contributed by atoms with Crippen LogP contribution in [0.3, 0.4) is 0 Å². The second-order valence-corrected chi connectivity index (χ2v) is 4.79. The first kappa shape index (κ1) is 10.7. The molecular formula is C13H13IO. The zero-order valence-electron chi connectivity index (χ0n) is 8.45. The molecule has 1 aliphatic rings. The van der Waals surface area contributed by atoms with Gasteiger partial charge in [0.15, 0.2) is 0 Å². The molecule has 0 heterocycles. The molecule has 0 spiro atoms. The van der Waals surface area contributed by atoms with Crippen molar-refractivity contribution in [2.45, 2.75) is 19.4 Å². The summed E-state index contributed by atoms with van der Waals surface area (Å²) in [6.07, 6.45) is 6.49. The van der Waals surface area contributed by atoms with Gasteiger partial charge >= 0.3 is 0 Å². The van der Waals surface area contributed by atoms with Crippen molar-refractivity contribution in [3.63, 3.8) is 0 Å². The predicted molar refractivity (Wildman–Crippen MR) is 70.7 cm³/mol. The Balaban J connectivity index is 1.96. The molecule has 78 valence electrons. The number of ether oxygens (including phenoxy) is 1. The molecule has 0 radical (unpaired) electrons. The van der Waals surface area contributed by atoms with Gasteiger partial charge in [-0.05, 0) is 47.1 Å². The number of halogens is 1. The molecule has 0 bridgehead atoms. The van der Waals surface area contributed by atoms with Crippen LogP contribution in [0.2, 0.25) is 0 Å². The Morgan fingerprint density at radius 3 is 2.73 bits per heavy atom. The van der Waals surface area contributed by atoms with E-state index in [0.717, 1.165) is 18.6 Å². The van der Waals surface area contributed by atoms with Gasteiger partial charge in [0.25, 0.3) is 0 Å². The summed E-state index contributed by atoms with van der Waals surface area (Å²) in [5.41, 5.74) is 1.22. The van der Waals surface area contributed by atoms with Gasteiger partial charge in [-0.3, -0.25) is 0 Å². The first-order chi connectivity index (χ1) is 7.36. The van der Waals surface area contributed by atoms with Crippen LogP contribution in [-0.4, -0.2) is 0 Å². The summed E-state index contributed by atoms with van der Waals surface area (Å²) in [4.78, 5) is 0. The maximum absolute atomic E-state index is 5.77. The van der Waals surface area contributed by atoms with E-state index in [4.69, 9.17) is 4.74 Å². The van der Waals surface area contributed by atoms with E-state index >= 15 is 0 Å². The standard InChI is InChI=1S/C13H13IO/c14-12-8-4-5-9-13(12)15-10-11-6-2-1-3-7-11/h1-3,5-7,9H,4,8,10H2. The van der Waals surface area contributed by atoms with Crippen LogP contribution in [0.15, 0.2) is 51.8 Å². The number of hydrogen-bond acceptors (Lipinski definition) is 1. The summed E-state index contributed by atoms with van der Waals surface area (Å²) >= 11 is 2.36. The predicted octanol–water partition coefficient (Wildman–Crippen LogP) is 4.20. The highest BCUT2D eigenvalue weighted by Crippen LogP contribution is 2.25. The molecule has 0 aromatic heterocycles. The molecule has 1 aromatic carbocycles. The molecule has 0 N–H and O–H groups in total. The van der Waals surface area contributed by atoms with Crippen molar-refractivity contribution in [2.24, 2.45) is 0 Å². The highest BCUT2D eigenvalue weighted by Gasteiger charge is 2.06. The average Bonchev–Trinajstić information content (AvgIpc) is 2.29. The summed E-state index contributed by atoms with van der Waals surface area (Å²) in [6.45, 7) is 0.660. The minimum atomic E-state index is 0.660. The summed E-state index contributed by atoms with van der Waals surface area (Å²) in [5, 5.41) is 0. The molecule has 0 fully saturated rings. The molecular weight excluding hydrogens is 299 g/mol. The highest BCUT2D eigenvalue weighted by molar-refractivity contribution is 14.1. The molecule has 0 aliphatic heterocycles. The molecule has 0 amide bonds. The minimum Gasteiger partial charge on any atom is -0.488 e.